The van der Waals surface area contributed by atoms with Gasteiger partial charge in [-0.05, 0) is 23.8 Å². The average Bonchev–Trinajstić information content (AvgIpc) is 2.77. The Morgan fingerprint density at radius 2 is 1.76 bits per heavy atom. The van der Waals surface area contributed by atoms with Crippen LogP contribution in [0.5, 0.6) is 6.01 Å². The number of benzene rings is 2. The van der Waals surface area contributed by atoms with Gasteiger partial charge in [-0.2, -0.15) is 0 Å². The predicted octanol–water partition coefficient (Wildman–Crippen LogP) is 3.39. The van der Waals surface area contributed by atoms with Gasteiger partial charge in [-0.25, -0.2) is 14.8 Å². The Morgan fingerprint density at radius 1 is 1.03 bits per heavy atom. The van der Waals surface area contributed by atoms with Crippen molar-refractivity contribution < 1.29 is 19.1 Å². The molecule has 2 aromatic carbocycles. The fourth-order valence-electron chi connectivity index (χ4n) is 2.51. The van der Waals surface area contributed by atoms with E-state index in [1.54, 1.807) is 12.4 Å². The molecule has 0 bridgehead atoms. The van der Waals surface area contributed by atoms with E-state index in [0.29, 0.717) is 5.56 Å². The van der Waals surface area contributed by atoms with Gasteiger partial charge in [0.1, 0.15) is 6.61 Å². The minimum absolute atomic E-state index is 0.130. The Hall–Kier alpha value is -3.45. The summed E-state index contributed by atoms with van der Waals surface area (Å²) in [6, 6.07) is 14.4. The predicted molar refractivity (Wildman–Crippen MR) is 108 cm³/mol. The summed E-state index contributed by atoms with van der Waals surface area (Å²) in [6.07, 6.45) is 3.36. The molecule has 0 aliphatic heterocycles. The number of nitrogens with one attached hydrogen (secondary N) is 1. The third-order valence-electron chi connectivity index (χ3n) is 3.99. The van der Waals surface area contributed by atoms with Crippen LogP contribution in [0.4, 0.5) is 0 Å². The third kappa shape index (κ3) is 5.30. The lowest BCUT2D eigenvalue weighted by Gasteiger charge is -2.08. The number of esters is 1. The molecule has 0 aliphatic carbocycles. The first-order valence-electron chi connectivity index (χ1n) is 8.75. The van der Waals surface area contributed by atoms with Crippen LogP contribution in [0.25, 0.3) is 11.1 Å². The van der Waals surface area contributed by atoms with E-state index in [-0.39, 0.29) is 35.7 Å². The largest absolute Gasteiger partial charge is 0.465 e. The number of methoxy groups -OCH3 is 1. The normalized spacial score (nSPS) is 10.3. The second-order valence-electron chi connectivity index (χ2n) is 5.91. The first kappa shape index (κ1) is 20.3. The molecule has 0 spiro atoms. The minimum atomic E-state index is -0.607. The number of rotatable bonds is 7. The van der Waals surface area contributed by atoms with E-state index in [0.717, 1.165) is 11.1 Å². The van der Waals surface area contributed by atoms with Crippen molar-refractivity contribution in [3.63, 3.8) is 0 Å². The number of amides is 1. The first-order valence-corrected chi connectivity index (χ1v) is 9.12. The van der Waals surface area contributed by atoms with Crippen molar-refractivity contribution in [3.05, 3.63) is 77.1 Å². The molecule has 3 rings (SSSR count). The maximum absolute atomic E-state index is 12.2. The smallest absolute Gasteiger partial charge is 0.339 e. The van der Waals surface area contributed by atoms with Crippen molar-refractivity contribution in [3.8, 4) is 17.1 Å². The summed E-state index contributed by atoms with van der Waals surface area (Å²) >= 11 is 5.95. The quantitative estimate of drug-likeness (QED) is 0.473. The van der Waals surface area contributed by atoms with Crippen molar-refractivity contribution in [2.24, 2.45) is 0 Å². The van der Waals surface area contributed by atoms with E-state index < -0.39 is 5.97 Å². The van der Waals surface area contributed by atoms with Gasteiger partial charge >= 0.3 is 12.0 Å². The minimum Gasteiger partial charge on any atom is -0.465 e. The highest BCUT2D eigenvalue weighted by molar-refractivity contribution is 6.33. The van der Waals surface area contributed by atoms with Gasteiger partial charge in [0.15, 0.2) is 0 Å². The first-order chi connectivity index (χ1) is 14.1. The van der Waals surface area contributed by atoms with E-state index in [9.17, 15) is 9.59 Å². The Morgan fingerprint density at radius 3 is 2.45 bits per heavy atom. The Labute approximate surface area is 172 Å². The van der Waals surface area contributed by atoms with E-state index in [1.165, 1.54) is 25.3 Å². The van der Waals surface area contributed by atoms with Gasteiger partial charge in [-0.1, -0.05) is 41.9 Å². The summed E-state index contributed by atoms with van der Waals surface area (Å²) < 4.78 is 10.1. The van der Waals surface area contributed by atoms with Gasteiger partial charge in [0.25, 0.3) is 5.91 Å². The number of carbonyl (C=O) groups is 2. The molecule has 1 N–H and O–H groups in total. The van der Waals surface area contributed by atoms with Gasteiger partial charge < -0.3 is 14.8 Å². The summed E-state index contributed by atoms with van der Waals surface area (Å²) in [5, 5.41) is 2.91. The van der Waals surface area contributed by atoms with Crippen LogP contribution in [-0.2, 0) is 4.74 Å². The molecule has 8 heteroatoms. The van der Waals surface area contributed by atoms with Crippen molar-refractivity contribution >= 4 is 23.5 Å². The lowest BCUT2D eigenvalue weighted by Crippen LogP contribution is -2.28. The highest BCUT2D eigenvalue weighted by Gasteiger charge is 2.14. The highest BCUT2D eigenvalue weighted by Crippen LogP contribution is 2.19. The molecular formula is C21H18ClN3O4. The average molecular weight is 412 g/mol. The monoisotopic (exact) mass is 411 g/mol. The van der Waals surface area contributed by atoms with E-state index in [1.807, 2.05) is 30.3 Å². The molecule has 0 unspecified atom stereocenters. The SMILES string of the molecule is COC(=O)c1cc(C(=O)NCCOc2ncc(-c3ccccc3)cn2)ccc1Cl. The number of aromatic nitrogens is 2. The molecule has 0 saturated heterocycles. The maximum atomic E-state index is 12.2. The summed E-state index contributed by atoms with van der Waals surface area (Å²) in [6.45, 7) is 0.423. The number of nitrogens with zero attached hydrogens (tertiary/aromatic N) is 2. The van der Waals surface area contributed by atoms with E-state index in [4.69, 9.17) is 16.3 Å². The highest BCUT2D eigenvalue weighted by atomic mass is 35.5. The number of hydrogen-bond donors (Lipinski definition) is 1. The van der Waals surface area contributed by atoms with Gasteiger partial charge in [-0.3, -0.25) is 4.79 Å². The molecule has 3 aromatic rings. The molecule has 0 saturated carbocycles. The van der Waals surface area contributed by atoms with Crippen molar-refractivity contribution in [1.29, 1.82) is 0 Å². The van der Waals surface area contributed by atoms with Gasteiger partial charge in [0, 0.05) is 23.5 Å². The molecule has 1 amide bonds. The summed E-state index contributed by atoms with van der Waals surface area (Å²) in [4.78, 5) is 32.2. The molecule has 0 atom stereocenters. The fourth-order valence-corrected chi connectivity index (χ4v) is 2.71. The summed E-state index contributed by atoms with van der Waals surface area (Å²) in [5.41, 5.74) is 2.32. The molecule has 148 valence electrons. The molecule has 29 heavy (non-hydrogen) atoms. The maximum Gasteiger partial charge on any atom is 0.339 e. The number of halogens is 1. The lowest BCUT2D eigenvalue weighted by atomic mass is 10.1. The van der Waals surface area contributed by atoms with Crippen LogP contribution in [0, 0.1) is 0 Å². The number of ether oxygens (including phenoxy) is 2. The second-order valence-corrected chi connectivity index (χ2v) is 6.32. The van der Waals surface area contributed by atoms with E-state index >= 15 is 0 Å². The van der Waals surface area contributed by atoms with Crippen molar-refractivity contribution in [1.82, 2.24) is 15.3 Å². The Balaban J connectivity index is 1.50. The molecular weight excluding hydrogens is 394 g/mol. The van der Waals surface area contributed by atoms with Gasteiger partial charge in [0.05, 0.1) is 24.2 Å². The molecule has 0 radical (unpaired) electrons. The zero-order valence-electron chi connectivity index (χ0n) is 15.6. The Bertz CT molecular complexity index is 995. The standard InChI is InChI=1S/C21H18ClN3O4/c1-28-20(27)17-11-15(7-8-18(17)22)19(26)23-9-10-29-21-24-12-16(13-25-21)14-5-3-2-4-6-14/h2-8,11-13H,9-10H2,1H3,(H,23,26). The molecule has 0 aliphatic rings. The second kappa shape index (κ2) is 9.66. The zero-order chi connectivity index (χ0) is 20.6. The number of carbonyl (C=O) groups excluding carboxylic acids is 2. The molecule has 1 heterocycles. The van der Waals surface area contributed by atoms with Crippen LogP contribution in [0.15, 0.2) is 60.9 Å². The Kier molecular flexibility index (Phi) is 6.76. The van der Waals surface area contributed by atoms with Crippen LogP contribution in [0.2, 0.25) is 5.02 Å². The molecule has 7 nitrogen and oxygen atoms in total. The number of hydrogen-bond acceptors (Lipinski definition) is 6. The van der Waals surface area contributed by atoms with Gasteiger partial charge in [-0.15, -0.1) is 0 Å². The van der Waals surface area contributed by atoms with E-state index in [2.05, 4.69) is 20.0 Å². The fraction of sp³-hybridized carbons (Fsp3) is 0.143. The third-order valence-corrected chi connectivity index (χ3v) is 4.32. The summed E-state index contributed by atoms with van der Waals surface area (Å²) in [7, 11) is 1.25. The van der Waals surface area contributed by atoms with Crippen LogP contribution in [-0.4, -0.2) is 42.1 Å². The van der Waals surface area contributed by atoms with Crippen LogP contribution < -0.4 is 10.1 Å². The van der Waals surface area contributed by atoms with Crippen molar-refractivity contribution in [2.45, 2.75) is 0 Å². The lowest BCUT2D eigenvalue weighted by molar-refractivity contribution is 0.0601. The topological polar surface area (TPSA) is 90.4 Å². The molecule has 1 aromatic heterocycles. The van der Waals surface area contributed by atoms with Crippen molar-refractivity contribution in [2.75, 3.05) is 20.3 Å². The summed E-state index contributed by atoms with van der Waals surface area (Å²) in [5.74, 6) is -0.972. The van der Waals surface area contributed by atoms with Crippen LogP contribution >= 0.6 is 11.6 Å². The van der Waals surface area contributed by atoms with Crippen LogP contribution in [0.3, 0.4) is 0 Å². The molecule has 0 fully saturated rings. The van der Waals surface area contributed by atoms with Gasteiger partial charge in [0.2, 0.25) is 0 Å². The zero-order valence-corrected chi connectivity index (χ0v) is 16.3. The van der Waals surface area contributed by atoms with Crippen LogP contribution in [0.1, 0.15) is 20.7 Å².